The second kappa shape index (κ2) is 9.21. The molecule has 2 aromatic rings. The van der Waals surface area contributed by atoms with Crippen molar-refractivity contribution in [1.82, 2.24) is 0 Å². The number of carbonyl (C=O) groups is 1. The zero-order chi connectivity index (χ0) is 19.1. The highest BCUT2D eigenvalue weighted by molar-refractivity contribution is 9.10. The van der Waals surface area contributed by atoms with Crippen molar-refractivity contribution in [1.29, 1.82) is 5.26 Å². The number of ether oxygens (including phenoxy) is 2. The Morgan fingerprint density at radius 3 is 2.50 bits per heavy atom. The number of hydrogen-bond donors (Lipinski definition) is 0. The summed E-state index contributed by atoms with van der Waals surface area (Å²) in [6.07, 6.45) is 2.37. The van der Waals surface area contributed by atoms with Gasteiger partial charge in [-0.15, -0.1) is 0 Å². The summed E-state index contributed by atoms with van der Waals surface area (Å²) in [5.41, 5.74) is 2.21. The third-order valence-corrected chi connectivity index (χ3v) is 4.10. The molecule has 0 aliphatic rings. The first-order valence-electron chi connectivity index (χ1n) is 8.28. The molecule has 2 rings (SSSR count). The lowest BCUT2D eigenvalue weighted by molar-refractivity contribution is -0.129. The maximum absolute atomic E-state index is 12.5. The molecule has 0 aliphatic carbocycles. The van der Waals surface area contributed by atoms with Crippen LogP contribution in [0.5, 0.6) is 11.5 Å². The summed E-state index contributed by atoms with van der Waals surface area (Å²) in [5, 5.41) is 9.42. The Kier molecular flexibility index (Phi) is 6.99. The van der Waals surface area contributed by atoms with Gasteiger partial charge in [-0.1, -0.05) is 41.1 Å². The Morgan fingerprint density at radius 1 is 1.23 bits per heavy atom. The minimum Gasteiger partial charge on any atom is -0.493 e. The normalized spacial score (nSPS) is 11.0. The van der Waals surface area contributed by atoms with Crippen molar-refractivity contribution in [2.24, 2.45) is 0 Å². The van der Waals surface area contributed by atoms with Crippen molar-refractivity contribution in [2.45, 2.75) is 27.2 Å². The van der Waals surface area contributed by atoms with Crippen LogP contribution in [0.4, 0.5) is 0 Å². The fourth-order valence-electron chi connectivity index (χ4n) is 2.44. The molecule has 2 aromatic carbocycles. The van der Waals surface area contributed by atoms with Crippen LogP contribution < -0.4 is 9.47 Å². The van der Waals surface area contributed by atoms with Crippen LogP contribution in [0.1, 0.15) is 30.0 Å². The summed E-state index contributed by atoms with van der Waals surface area (Å²) in [4.78, 5) is 12.5. The molecular formula is C21H20BrNO3. The van der Waals surface area contributed by atoms with Gasteiger partial charge in [0, 0.05) is 10.0 Å². The maximum Gasteiger partial charge on any atom is 0.354 e. The Hall–Kier alpha value is -2.58. The molecule has 0 aromatic heterocycles. The van der Waals surface area contributed by atoms with Crippen LogP contribution in [0.25, 0.3) is 6.08 Å². The van der Waals surface area contributed by atoms with E-state index < -0.39 is 5.97 Å². The molecule has 0 bridgehead atoms. The second-order valence-electron chi connectivity index (χ2n) is 5.81. The van der Waals surface area contributed by atoms with E-state index in [9.17, 15) is 10.1 Å². The van der Waals surface area contributed by atoms with Crippen LogP contribution in [0.3, 0.4) is 0 Å². The van der Waals surface area contributed by atoms with Gasteiger partial charge in [-0.2, -0.15) is 5.26 Å². The van der Waals surface area contributed by atoms with Gasteiger partial charge in [0.2, 0.25) is 0 Å². The zero-order valence-corrected chi connectivity index (χ0v) is 16.6. The molecule has 4 nitrogen and oxygen atoms in total. The van der Waals surface area contributed by atoms with Gasteiger partial charge in [0.15, 0.2) is 0 Å². The van der Waals surface area contributed by atoms with E-state index >= 15 is 0 Å². The van der Waals surface area contributed by atoms with Gasteiger partial charge in [0.25, 0.3) is 0 Å². The van der Waals surface area contributed by atoms with Gasteiger partial charge < -0.3 is 9.47 Å². The van der Waals surface area contributed by atoms with Crippen LogP contribution >= 0.6 is 15.9 Å². The van der Waals surface area contributed by atoms with E-state index in [0.29, 0.717) is 23.7 Å². The summed E-state index contributed by atoms with van der Waals surface area (Å²) in [5.74, 6) is 0.409. The maximum atomic E-state index is 12.5. The van der Waals surface area contributed by atoms with E-state index in [4.69, 9.17) is 9.47 Å². The molecule has 0 unspecified atom stereocenters. The molecule has 0 amide bonds. The van der Waals surface area contributed by atoms with E-state index in [1.807, 2.05) is 57.2 Å². The monoisotopic (exact) mass is 413 g/mol. The number of hydrogen-bond acceptors (Lipinski definition) is 4. The molecule has 0 N–H and O–H groups in total. The zero-order valence-electron chi connectivity index (χ0n) is 15.0. The Balaban J connectivity index is 2.30. The Bertz CT molecular complexity index is 858. The molecule has 0 saturated carbocycles. The fraction of sp³-hybridized carbons (Fsp3) is 0.238. The molecule has 5 heteroatoms. The smallest absolute Gasteiger partial charge is 0.354 e. The van der Waals surface area contributed by atoms with Crippen molar-refractivity contribution >= 4 is 28.0 Å². The highest BCUT2D eigenvalue weighted by Gasteiger charge is 2.16. The van der Waals surface area contributed by atoms with Crippen LogP contribution in [-0.4, -0.2) is 12.6 Å². The Labute approximate surface area is 162 Å². The number of nitrogens with zero attached hydrogens (tertiary/aromatic N) is 1. The average molecular weight is 414 g/mol. The second-order valence-corrected chi connectivity index (χ2v) is 6.73. The minimum absolute atomic E-state index is 0.0840. The summed E-state index contributed by atoms with van der Waals surface area (Å²) in [6.45, 7) is 6.28. The van der Waals surface area contributed by atoms with Crippen LogP contribution in [-0.2, 0) is 4.79 Å². The first kappa shape index (κ1) is 19.7. The van der Waals surface area contributed by atoms with Crippen molar-refractivity contribution < 1.29 is 14.3 Å². The van der Waals surface area contributed by atoms with Gasteiger partial charge in [-0.3, -0.25) is 0 Å². The first-order chi connectivity index (χ1) is 12.5. The first-order valence-corrected chi connectivity index (χ1v) is 9.08. The van der Waals surface area contributed by atoms with Gasteiger partial charge >= 0.3 is 5.97 Å². The lowest BCUT2D eigenvalue weighted by Gasteiger charge is -2.11. The lowest BCUT2D eigenvalue weighted by atomic mass is 10.1. The van der Waals surface area contributed by atoms with Crippen molar-refractivity contribution in [3.05, 3.63) is 63.1 Å². The predicted molar refractivity (Wildman–Crippen MR) is 105 cm³/mol. The van der Waals surface area contributed by atoms with Crippen LogP contribution in [0.2, 0.25) is 0 Å². The molecule has 0 fully saturated rings. The van der Waals surface area contributed by atoms with Gasteiger partial charge in [0.05, 0.1) is 6.61 Å². The molecule has 0 saturated heterocycles. The number of nitriles is 1. The number of rotatable bonds is 6. The molecule has 0 radical (unpaired) electrons. The van der Waals surface area contributed by atoms with Gasteiger partial charge in [-0.25, -0.2) is 4.79 Å². The highest BCUT2D eigenvalue weighted by Crippen LogP contribution is 2.28. The third kappa shape index (κ3) is 4.96. The predicted octanol–water partition coefficient (Wildman–Crippen LogP) is 5.37. The van der Waals surface area contributed by atoms with Crippen LogP contribution in [0, 0.1) is 25.2 Å². The topological polar surface area (TPSA) is 59.3 Å². The summed E-state index contributed by atoms with van der Waals surface area (Å²) in [6, 6.07) is 12.9. The minimum atomic E-state index is -0.689. The number of carbonyl (C=O) groups excluding carboxylic acids is 1. The molecule has 0 atom stereocenters. The van der Waals surface area contributed by atoms with Gasteiger partial charge in [0.1, 0.15) is 23.1 Å². The number of para-hydroxylation sites is 1. The quantitative estimate of drug-likeness (QED) is 0.276. The van der Waals surface area contributed by atoms with E-state index in [0.717, 1.165) is 22.0 Å². The van der Waals surface area contributed by atoms with Crippen molar-refractivity contribution in [3.63, 3.8) is 0 Å². The third-order valence-electron chi connectivity index (χ3n) is 3.64. The molecular weight excluding hydrogens is 394 g/mol. The molecule has 134 valence electrons. The largest absolute Gasteiger partial charge is 0.493 e. The fourth-order valence-corrected chi connectivity index (χ4v) is 3.13. The summed E-state index contributed by atoms with van der Waals surface area (Å²) >= 11 is 3.41. The number of aryl methyl sites for hydroxylation is 2. The standard InChI is InChI=1S/C21H20BrNO3/c1-4-9-25-19-8-6-5-7-16(19)12-17(13-23)21(24)26-20-14(2)10-18(22)11-15(20)3/h5-8,10-12H,4,9H2,1-3H3/b17-12+. The molecule has 26 heavy (non-hydrogen) atoms. The summed E-state index contributed by atoms with van der Waals surface area (Å²) < 4.78 is 12.1. The van der Waals surface area contributed by atoms with E-state index in [1.165, 1.54) is 6.08 Å². The lowest BCUT2D eigenvalue weighted by Crippen LogP contribution is -2.12. The van der Waals surface area contributed by atoms with Crippen LogP contribution in [0.15, 0.2) is 46.4 Å². The number of halogens is 1. The van der Waals surface area contributed by atoms with Crippen molar-refractivity contribution in [2.75, 3.05) is 6.61 Å². The molecule has 0 aliphatic heterocycles. The molecule has 0 heterocycles. The van der Waals surface area contributed by atoms with E-state index in [2.05, 4.69) is 15.9 Å². The number of benzene rings is 2. The van der Waals surface area contributed by atoms with Crippen molar-refractivity contribution in [3.8, 4) is 17.6 Å². The molecule has 0 spiro atoms. The number of esters is 1. The van der Waals surface area contributed by atoms with E-state index in [-0.39, 0.29) is 5.57 Å². The SMILES string of the molecule is CCCOc1ccccc1/C=C(\C#N)C(=O)Oc1c(C)cc(Br)cc1C. The highest BCUT2D eigenvalue weighted by atomic mass is 79.9. The summed E-state index contributed by atoms with van der Waals surface area (Å²) in [7, 11) is 0. The average Bonchev–Trinajstić information content (AvgIpc) is 2.61. The van der Waals surface area contributed by atoms with Gasteiger partial charge in [-0.05, 0) is 55.7 Å². The Morgan fingerprint density at radius 2 is 1.88 bits per heavy atom. The van der Waals surface area contributed by atoms with E-state index in [1.54, 1.807) is 6.07 Å².